The molecule has 192 valence electrons. The van der Waals surface area contributed by atoms with Crippen molar-refractivity contribution in [3.8, 4) is 5.75 Å². The zero-order chi connectivity index (χ0) is 25.6. The van der Waals surface area contributed by atoms with Gasteiger partial charge in [0, 0.05) is 24.3 Å². The van der Waals surface area contributed by atoms with Gasteiger partial charge in [0.15, 0.2) is 23.9 Å². The van der Waals surface area contributed by atoms with Gasteiger partial charge in [-0.3, -0.25) is 4.79 Å². The van der Waals surface area contributed by atoms with Crippen molar-refractivity contribution in [1.82, 2.24) is 19.7 Å². The van der Waals surface area contributed by atoms with Crippen LogP contribution in [0.3, 0.4) is 0 Å². The molecule has 0 bridgehead atoms. The maximum absolute atomic E-state index is 13.8. The van der Waals surface area contributed by atoms with Gasteiger partial charge >= 0.3 is 0 Å². The molecular formula is C27H26F2N4O4. The van der Waals surface area contributed by atoms with Crippen molar-refractivity contribution >= 4 is 11.3 Å². The predicted molar refractivity (Wildman–Crippen MR) is 133 cm³/mol. The van der Waals surface area contributed by atoms with Gasteiger partial charge in [-0.05, 0) is 30.2 Å². The van der Waals surface area contributed by atoms with Crippen LogP contribution in [0.25, 0.3) is 11.3 Å². The molecule has 10 heteroatoms. The first-order valence-electron chi connectivity index (χ1n) is 12.0. The van der Waals surface area contributed by atoms with E-state index < -0.39 is 12.3 Å². The molecule has 0 amide bonds. The van der Waals surface area contributed by atoms with E-state index in [1.54, 1.807) is 12.4 Å². The Labute approximate surface area is 212 Å². The molecule has 8 nitrogen and oxygen atoms in total. The largest absolute Gasteiger partial charge is 0.488 e. The molecule has 1 fully saturated rings. The van der Waals surface area contributed by atoms with Gasteiger partial charge in [-0.15, -0.1) is 0 Å². The van der Waals surface area contributed by atoms with Gasteiger partial charge in [0.05, 0.1) is 37.9 Å². The first-order chi connectivity index (χ1) is 18.0. The van der Waals surface area contributed by atoms with Crippen LogP contribution < -0.4 is 10.2 Å². The summed E-state index contributed by atoms with van der Waals surface area (Å²) in [5.74, 6) is 1.13. The summed E-state index contributed by atoms with van der Waals surface area (Å²) in [6, 6.07) is 1.38. The van der Waals surface area contributed by atoms with Gasteiger partial charge in [-0.25, -0.2) is 23.4 Å². The Balaban J connectivity index is 1.22. The Hall–Kier alpha value is -3.76. The second-order valence-corrected chi connectivity index (χ2v) is 8.74. The van der Waals surface area contributed by atoms with Crippen LogP contribution in [0, 0.1) is 0 Å². The van der Waals surface area contributed by atoms with Crippen LogP contribution in [0.2, 0.25) is 0 Å². The van der Waals surface area contributed by atoms with Crippen LogP contribution in [0.4, 0.5) is 8.78 Å². The van der Waals surface area contributed by atoms with E-state index in [-0.39, 0.29) is 11.5 Å². The average Bonchev–Trinajstić information content (AvgIpc) is 3.17. The zero-order valence-electron chi connectivity index (χ0n) is 20.0. The van der Waals surface area contributed by atoms with Gasteiger partial charge in [0.25, 0.3) is 0 Å². The number of rotatable bonds is 7. The molecule has 3 aliphatic rings. The van der Waals surface area contributed by atoms with Crippen LogP contribution in [0.15, 0.2) is 77.6 Å². The Morgan fingerprint density at radius 3 is 2.78 bits per heavy atom. The van der Waals surface area contributed by atoms with E-state index in [9.17, 15) is 13.6 Å². The molecule has 3 heterocycles. The highest BCUT2D eigenvalue weighted by Crippen LogP contribution is 2.23. The van der Waals surface area contributed by atoms with Crippen molar-refractivity contribution in [2.45, 2.75) is 31.3 Å². The normalized spacial score (nSPS) is 23.6. The zero-order valence-corrected chi connectivity index (χ0v) is 20.0. The van der Waals surface area contributed by atoms with E-state index in [0.29, 0.717) is 62.2 Å². The van der Waals surface area contributed by atoms with Crippen LogP contribution in [0.5, 0.6) is 5.75 Å². The van der Waals surface area contributed by atoms with Crippen LogP contribution in [0.1, 0.15) is 17.9 Å². The number of ether oxygens (including phenoxy) is 3. The summed E-state index contributed by atoms with van der Waals surface area (Å²) >= 11 is 0. The second kappa shape index (κ2) is 11.5. The van der Waals surface area contributed by atoms with E-state index in [1.807, 2.05) is 24.3 Å². The Morgan fingerprint density at radius 2 is 2.00 bits per heavy atom. The highest BCUT2D eigenvalue weighted by atomic mass is 19.2. The topological polar surface area (TPSA) is 88.4 Å². The maximum atomic E-state index is 13.8. The van der Waals surface area contributed by atoms with Gasteiger partial charge < -0.3 is 14.2 Å². The number of allylic oxidation sites excluding steroid dienone is 10. The molecular weight excluding hydrogens is 482 g/mol. The van der Waals surface area contributed by atoms with Gasteiger partial charge in [-0.1, -0.05) is 24.3 Å². The number of hydrogen-bond acceptors (Lipinski definition) is 7. The van der Waals surface area contributed by atoms with Crippen LogP contribution >= 0.6 is 0 Å². The third kappa shape index (κ3) is 6.33. The Bertz CT molecular complexity index is 1320. The SMILES string of the molecule is O=c1ccn(C2=CC(F)C(F)C=C2)nc1CC1=CCC(c2ncc(OCC3COCCO3)cn2)=CC=C1. The maximum Gasteiger partial charge on any atom is 0.203 e. The number of alkyl halides is 2. The van der Waals surface area contributed by atoms with Gasteiger partial charge in [0.1, 0.15) is 18.4 Å². The lowest BCUT2D eigenvalue weighted by Crippen LogP contribution is -2.33. The fourth-order valence-electron chi connectivity index (χ4n) is 4.01. The van der Waals surface area contributed by atoms with E-state index in [0.717, 1.165) is 23.3 Å². The summed E-state index contributed by atoms with van der Waals surface area (Å²) in [4.78, 5) is 21.3. The summed E-state index contributed by atoms with van der Waals surface area (Å²) in [5, 5.41) is 4.37. The molecule has 0 saturated carbocycles. The first kappa shape index (κ1) is 24.9. The van der Waals surface area contributed by atoms with Crippen molar-refractivity contribution in [2.75, 3.05) is 26.4 Å². The molecule has 3 unspecified atom stereocenters. The molecule has 2 aromatic heterocycles. The molecule has 2 aromatic rings. The van der Waals surface area contributed by atoms with Crippen molar-refractivity contribution in [1.29, 1.82) is 0 Å². The number of nitrogens with zero attached hydrogens (tertiary/aromatic N) is 4. The number of aromatic nitrogens is 4. The summed E-state index contributed by atoms with van der Waals surface area (Å²) in [7, 11) is 0. The highest BCUT2D eigenvalue weighted by Gasteiger charge is 2.20. The summed E-state index contributed by atoms with van der Waals surface area (Å²) < 4.78 is 45.2. The number of halogens is 2. The molecule has 37 heavy (non-hydrogen) atoms. The minimum Gasteiger partial charge on any atom is -0.488 e. The molecule has 0 N–H and O–H groups in total. The fraction of sp³-hybridized carbons (Fsp3) is 0.333. The molecule has 1 saturated heterocycles. The highest BCUT2D eigenvalue weighted by molar-refractivity contribution is 5.64. The van der Waals surface area contributed by atoms with E-state index in [4.69, 9.17) is 14.2 Å². The quantitative estimate of drug-likeness (QED) is 0.566. The average molecular weight is 509 g/mol. The first-order valence-corrected chi connectivity index (χ1v) is 12.0. The molecule has 0 aromatic carbocycles. The lowest BCUT2D eigenvalue weighted by Gasteiger charge is -2.22. The van der Waals surface area contributed by atoms with E-state index in [1.165, 1.54) is 23.0 Å². The molecule has 5 rings (SSSR count). The van der Waals surface area contributed by atoms with Crippen molar-refractivity contribution in [3.05, 3.63) is 94.5 Å². The summed E-state index contributed by atoms with van der Waals surface area (Å²) in [5.41, 5.74) is 2.25. The predicted octanol–water partition coefficient (Wildman–Crippen LogP) is 3.43. The van der Waals surface area contributed by atoms with Crippen molar-refractivity contribution < 1.29 is 23.0 Å². The minimum absolute atomic E-state index is 0.103. The van der Waals surface area contributed by atoms with E-state index in [2.05, 4.69) is 15.1 Å². The third-order valence-corrected chi connectivity index (χ3v) is 6.03. The standard InChI is InChI=1S/C27H26F2N4O4/c28-23-7-6-20(13-24(23)29)33-9-8-26(34)25(32-33)12-18-2-1-3-19(5-4-18)27-30-14-21(15-31-27)37-17-22-16-35-10-11-36-22/h1-4,6-9,13-15,22-24H,5,10-12,16-17H2. The molecule has 0 spiro atoms. The van der Waals surface area contributed by atoms with Crippen LogP contribution in [-0.4, -0.2) is 64.6 Å². The van der Waals surface area contributed by atoms with Gasteiger partial charge in [-0.2, -0.15) is 5.10 Å². The minimum atomic E-state index is -1.75. The third-order valence-electron chi connectivity index (χ3n) is 6.03. The lowest BCUT2D eigenvalue weighted by atomic mass is 10.1. The van der Waals surface area contributed by atoms with E-state index >= 15 is 0 Å². The fourth-order valence-corrected chi connectivity index (χ4v) is 4.01. The Kier molecular flexibility index (Phi) is 7.76. The molecule has 0 radical (unpaired) electrons. The second-order valence-electron chi connectivity index (χ2n) is 8.74. The van der Waals surface area contributed by atoms with Crippen molar-refractivity contribution in [3.63, 3.8) is 0 Å². The smallest absolute Gasteiger partial charge is 0.203 e. The molecule has 2 aliphatic carbocycles. The van der Waals surface area contributed by atoms with Gasteiger partial charge in [0.2, 0.25) is 5.43 Å². The molecule has 3 atom stereocenters. The monoisotopic (exact) mass is 508 g/mol. The molecule has 1 aliphatic heterocycles. The summed E-state index contributed by atoms with van der Waals surface area (Å²) in [6.45, 7) is 2.04. The lowest BCUT2D eigenvalue weighted by molar-refractivity contribution is -0.101. The summed E-state index contributed by atoms with van der Waals surface area (Å²) in [6.07, 6.45) is 13.5. The Morgan fingerprint density at radius 1 is 1.14 bits per heavy atom. The van der Waals surface area contributed by atoms with Crippen LogP contribution in [-0.2, 0) is 15.9 Å². The number of hydrogen-bond donors (Lipinski definition) is 0. The van der Waals surface area contributed by atoms with Crippen molar-refractivity contribution in [2.24, 2.45) is 0 Å².